The molecule has 3 rings (SSSR count). The second-order valence-electron chi connectivity index (χ2n) is 5.24. The number of thioether (sulfide) groups is 1. The van der Waals surface area contributed by atoms with E-state index < -0.39 is 11.4 Å². The molecule has 8 heteroatoms. The molecule has 132 valence electrons. The Hall–Kier alpha value is -2.71. The molecule has 0 unspecified atom stereocenters. The van der Waals surface area contributed by atoms with Crippen molar-refractivity contribution in [2.45, 2.75) is 4.90 Å². The van der Waals surface area contributed by atoms with Crippen LogP contribution in [0.1, 0.15) is 5.56 Å². The van der Waals surface area contributed by atoms with Crippen molar-refractivity contribution in [3.8, 4) is 11.6 Å². The van der Waals surface area contributed by atoms with Gasteiger partial charge in [0, 0.05) is 11.1 Å². The van der Waals surface area contributed by atoms with Crippen molar-refractivity contribution < 1.29 is 9.50 Å². The highest BCUT2D eigenvalue weighted by Crippen LogP contribution is 2.27. The van der Waals surface area contributed by atoms with E-state index in [9.17, 15) is 14.3 Å². The Labute approximate surface area is 157 Å². The van der Waals surface area contributed by atoms with Gasteiger partial charge in [0.25, 0.3) is 5.56 Å². The van der Waals surface area contributed by atoms with Gasteiger partial charge >= 0.3 is 0 Å². The molecular formula is C18H14FN3O2S2. The average molecular weight is 387 g/mol. The highest BCUT2D eigenvalue weighted by Gasteiger charge is 2.13. The number of H-pyrrole nitrogens is 1. The molecule has 0 spiro atoms. The fraction of sp³-hybridized carbons (Fsp3) is 0.0556. The van der Waals surface area contributed by atoms with E-state index in [4.69, 9.17) is 12.2 Å². The highest BCUT2D eigenvalue weighted by molar-refractivity contribution is 7.98. The lowest BCUT2D eigenvalue weighted by atomic mass is 10.2. The maximum Gasteiger partial charge on any atom is 0.264 e. The van der Waals surface area contributed by atoms with E-state index in [-0.39, 0.29) is 16.2 Å². The fourth-order valence-corrected chi connectivity index (χ4v) is 3.18. The van der Waals surface area contributed by atoms with Gasteiger partial charge in [-0.05, 0) is 54.9 Å². The number of hydrogen-bond acceptors (Lipinski definition) is 5. The number of aromatic amines is 1. The topological polar surface area (TPSA) is 70.4 Å². The molecule has 1 aromatic heterocycles. The number of nitrogens with one attached hydrogen (secondary N) is 1. The van der Waals surface area contributed by atoms with Gasteiger partial charge in [0.1, 0.15) is 11.4 Å². The number of aromatic hydroxyl groups is 1. The Bertz CT molecular complexity index is 1090. The second-order valence-corrected chi connectivity index (χ2v) is 6.47. The molecule has 0 bridgehead atoms. The number of aromatic nitrogens is 2. The van der Waals surface area contributed by atoms with Crippen molar-refractivity contribution in [2.24, 2.45) is 4.99 Å². The first-order valence-corrected chi connectivity index (χ1v) is 9.16. The standard InChI is InChI=1S/C18H14FN3O2S2/c1-26-15-5-3-2-4-14(15)20-10-13-16(23)21-18(25)22(17(13)24)12-8-6-11(19)7-9-12/h2-10,24H,1H3,(H,21,23,25). The number of para-hydroxylation sites is 1. The van der Waals surface area contributed by atoms with E-state index in [2.05, 4.69) is 9.98 Å². The first-order chi connectivity index (χ1) is 12.5. The van der Waals surface area contributed by atoms with E-state index >= 15 is 0 Å². The predicted molar refractivity (Wildman–Crippen MR) is 104 cm³/mol. The van der Waals surface area contributed by atoms with Crippen molar-refractivity contribution >= 4 is 35.9 Å². The van der Waals surface area contributed by atoms with Gasteiger partial charge in [-0.3, -0.25) is 19.3 Å². The molecule has 0 fully saturated rings. The Morgan fingerprint density at radius 2 is 1.92 bits per heavy atom. The van der Waals surface area contributed by atoms with Gasteiger partial charge in [-0.2, -0.15) is 0 Å². The molecule has 26 heavy (non-hydrogen) atoms. The molecule has 0 atom stereocenters. The monoisotopic (exact) mass is 387 g/mol. The van der Waals surface area contributed by atoms with E-state index in [0.717, 1.165) is 4.90 Å². The number of halogens is 1. The van der Waals surface area contributed by atoms with Gasteiger partial charge in [0.15, 0.2) is 4.77 Å². The number of rotatable bonds is 4. The van der Waals surface area contributed by atoms with Crippen LogP contribution < -0.4 is 5.56 Å². The van der Waals surface area contributed by atoms with Gasteiger partial charge in [0.05, 0.1) is 11.4 Å². The summed E-state index contributed by atoms with van der Waals surface area (Å²) in [6.07, 6.45) is 3.21. The maximum atomic E-state index is 13.1. The minimum Gasteiger partial charge on any atom is -0.494 e. The molecule has 0 radical (unpaired) electrons. The zero-order valence-corrected chi connectivity index (χ0v) is 15.3. The first-order valence-electron chi connectivity index (χ1n) is 7.52. The molecule has 0 amide bonds. The van der Waals surface area contributed by atoms with E-state index in [0.29, 0.717) is 11.4 Å². The summed E-state index contributed by atoms with van der Waals surface area (Å²) in [5, 5.41) is 10.6. The lowest BCUT2D eigenvalue weighted by molar-refractivity contribution is 0.432. The van der Waals surface area contributed by atoms with Crippen molar-refractivity contribution in [3.05, 3.63) is 75.0 Å². The van der Waals surface area contributed by atoms with Gasteiger partial charge in [-0.15, -0.1) is 11.8 Å². The zero-order chi connectivity index (χ0) is 18.7. The van der Waals surface area contributed by atoms with Crippen LogP contribution in [0.4, 0.5) is 10.1 Å². The average Bonchev–Trinajstić information content (AvgIpc) is 2.63. The van der Waals surface area contributed by atoms with Crippen LogP contribution in [0.2, 0.25) is 0 Å². The number of aliphatic imine (C=N–C) groups is 1. The molecule has 2 N–H and O–H groups in total. The van der Waals surface area contributed by atoms with Crippen LogP contribution in [0.3, 0.4) is 0 Å². The summed E-state index contributed by atoms with van der Waals surface area (Å²) in [7, 11) is 0. The van der Waals surface area contributed by atoms with Crippen molar-refractivity contribution in [1.29, 1.82) is 0 Å². The SMILES string of the molecule is CSc1ccccc1N=Cc1c(O)n(-c2ccc(F)cc2)c(=S)[nH]c1=O. The van der Waals surface area contributed by atoms with Crippen LogP contribution in [0.15, 0.2) is 63.2 Å². The van der Waals surface area contributed by atoms with Crippen LogP contribution in [0.25, 0.3) is 5.69 Å². The summed E-state index contributed by atoms with van der Waals surface area (Å²) in [4.78, 5) is 20.0. The van der Waals surface area contributed by atoms with Gasteiger partial charge in [0.2, 0.25) is 5.88 Å². The van der Waals surface area contributed by atoms with Crippen LogP contribution >= 0.6 is 24.0 Å². The molecule has 0 saturated carbocycles. The zero-order valence-electron chi connectivity index (χ0n) is 13.6. The Morgan fingerprint density at radius 1 is 1.23 bits per heavy atom. The molecule has 1 heterocycles. The molecule has 0 saturated heterocycles. The minimum absolute atomic E-state index is 0.000715. The molecule has 0 aliphatic heterocycles. The lowest BCUT2D eigenvalue weighted by Crippen LogP contribution is -2.18. The smallest absolute Gasteiger partial charge is 0.264 e. The third-order valence-corrected chi connectivity index (χ3v) is 4.69. The molecular weight excluding hydrogens is 373 g/mol. The second kappa shape index (κ2) is 7.67. The fourth-order valence-electron chi connectivity index (χ4n) is 2.36. The number of nitrogens with zero attached hydrogens (tertiary/aromatic N) is 2. The molecule has 5 nitrogen and oxygen atoms in total. The summed E-state index contributed by atoms with van der Waals surface area (Å²) in [5.74, 6) is -0.782. The van der Waals surface area contributed by atoms with Crippen LogP contribution in [-0.2, 0) is 0 Å². The van der Waals surface area contributed by atoms with E-state index in [1.807, 2.05) is 30.5 Å². The highest BCUT2D eigenvalue weighted by atomic mass is 32.2. The lowest BCUT2D eigenvalue weighted by Gasteiger charge is -2.11. The maximum absolute atomic E-state index is 13.1. The third kappa shape index (κ3) is 3.61. The van der Waals surface area contributed by atoms with Crippen molar-refractivity contribution in [3.63, 3.8) is 0 Å². The summed E-state index contributed by atoms with van der Waals surface area (Å²) in [6.45, 7) is 0. The van der Waals surface area contributed by atoms with Crippen molar-refractivity contribution in [2.75, 3.05) is 6.26 Å². The van der Waals surface area contributed by atoms with Crippen molar-refractivity contribution in [1.82, 2.24) is 9.55 Å². The van der Waals surface area contributed by atoms with Gasteiger partial charge in [-0.1, -0.05) is 12.1 Å². The van der Waals surface area contributed by atoms with E-state index in [1.54, 1.807) is 0 Å². The summed E-state index contributed by atoms with van der Waals surface area (Å²) in [6, 6.07) is 12.8. The predicted octanol–water partition coefficient (Wildman–Crippen LogP) is 4.21. The number of benzene rings is 2. The van der Waals surface area contributed by atoms with Crippen LogP contribution in [-0.4, -0.2) is 27.1 Å². The Morgan fingerprint density at radius 3 is 2.62 bits per heavy atom. The molecule has 3 aromatic rings. The molecule has 0 aliphatic rings. The first kappa shape index (κ1) is 18.1. The number of hydrogen-bond donors (Lipinski definition) is 2. The minimum atomic E-state index is -0.559. The molecule has 0 aliphatic carbocycles. The Balaban J connectivity index is 2.12. The quantitative estimate of drug-likeness (QED) is 0.400. The van der Waals surface area contributed by atoms with Gasteiger partial charge < -0.3 is 5.11 Å². The third-order valence-electron chi connectivity index (χ3n) is 3.62. The summed E-state index contributed by atoms with van der Waals surface area (Å²) >= 11 is 6.65. The summed E-state index contributed by atoms with van der Waals surface area (Å²) < 4.78 is 14.4. The normalized spacial score (nSPS) is 11.2. The van der Waals surface area contributed by atoms with Gasteiger partial charge in [-0.25, -0.2) is 4.39 Å². The van der Waals surface area contributed by atoms with Crippen LogP contribution in [0, 0.1) is 10.6 Å². The summed E-state index contributed by atoms with van der Waals surface area (Å²) in [5.41, 5.74) is 0.494. The largest absolute Gasteiger partial charge is 0.494 e. The Kier molecular flexibility index (Phi) is 5.34. The van der Waals surface area contributed by atoms with E-state index in [1.165, 1.54) is 46.8 Å². The molecule has 2 aromatic carbocycles. The van der Waals surface area contributed by atoms with Crippen LogP contribution in [0.5, 0.6) is 5.88 Å².